The third-order valence-corrected chi connectivity index (χ3v) is 0.604. The third kappa shape index (κ3) is 56.0. The second-order valence-corrected chi connectivity index (χ2v) is 2.47. The summed E-state index contributed by atoms with van der Waals surface area (Å²) in [5, 5.41) is 0. The van der Waals surface area contributed by atoms with E-state index in [0.717, 1.165) is 6.54 Å². The zero-order valence-electron chi connectivity index (χ0n) is 5.43. The Bertz CT molecular complexity index is 40.0. The zero-order chi connectivity index (χ0) is 7.70. The van der Waals surface area contributed by atoms with E-state index in [2.05, 4.69) is 12.7 Å². The van der Waals surface area contributed by atoms with Crippen molar-refractivity contribution in [2.75, 3.05) is 6.54 Å². The van der Waals surface area contributed by atoms with E-state index in [4.69, 9.17) is 10.3 Å². The summed E-state index contributed by atoms with van der Waals surface area (Å²) in [6.45, 7) is 3.27. The molecule has 5 heteroatoms. The Morgan fingerprint density at radius 3 is 1.67 bits per heavy atom. The van der Waals surface area contributed by atoms with Crippen molar-refractivity contribution in [2.24, 2.45) is 0 Å². The van der Waals surface area contributed by atoms with Crippen LogP contribution in [0.3, 0.4) is 0 Å². The molecule has 0 atom stereocenters. The van der Waals surface area contributed by atoms with Gasteiger partial charge in [0.1, 0.15) is 0 Å². The summed E-state index contributed by atoms with van der Waals surface area (Å²) in [7, 11) is 0. The molecule has 0 radical (unpaired) electrons. The van der Waals surface area contributed by atoms with Crippen molar-refractivity contribution in [3.05, 3.63) is 0 Å². The van der Waals surface area contributed by atoms with Gasteiger partial charge in [-0.15, -0.1) is 0 Å². The largest absolute Gasteiger partial charge is 0.427 e. The molecule has 0 saturated heterocycles. The Labute approximate surface area is 63.7 Å². The van der Waals surface area contributed by atoms with Crippen LogP contribution in [0.2, 0.25) is 0 Å². The van der Waals surface area contributed by atoms with E-state index in [-0.39, 0.29) is 0 Å². The molecule has 0 aliphatic carbocycles. The Balaban J connectivity index is 0. The molecule has 0 spiro atoms. The molecule has 0 bridgehead atoms. The molecule has 3 N–H and O–H groups in total. The van der Waals surface area contributed by atoms with Crippen molar-refractivity contribution in [3.63, 3.8) is 0 Å². The van der Waals surface area contributed by atoms with Crippen LogP contribution < -0.4 is 37.1 Å². The van der Waals surface area contributed by atoms with Crippen molar-refractivity contribution in [1.29, 1.82) is 0 Å². The molecule has 0 heterocycles. The minimum absolute atomic E-state index is 1.09. The Hall–Kier alpha value is 0.570. The molecule has 0 amide bonds. The van der Waals surface area contributed by atoms with Gasteiger partial charge in [0.05, 0.1) is 6.54 Å². The maximum Gasteiger partial charge on any atom is 0.282 e. The minimum atomic E-state index is -4.01. The van der Waals surface area contributed by atoms with Gasteiger partial charge in [-0.3, -0.25) is 0 Å². The Morgan fingerprint density at radius 1 is 1.33 bits per heavy atom. The second-order valence-electron chi connectivity index (χ2n) is 1.40. The summed E-state index contributed by atoms with van der Waals surface area (Å²) in [6, 6.07) is 0. The minimum Gasteiger partial charge on any atom is -0.427 e. The summed E-state index contributed by atoms with van der Waals surface area (Å²) < 4.78 is 25.7. The third-order valence-electron chi connectivity index (χ3n) is 0.604. The summed E-state index contributed by atoms with van der Waals surface area (Å²) in [4.78, 5) is 0. The van der Waals surface area contributed by atoms with Gasteiger partial charge in [0.2, 0.25) is 0 Å². The maximum absolute atomic E-state index is 8.57. The topological polar surface area (TPSA) is 96.8 Å². The van der Waals surface area contributed by atoms with Gasteiger partial charge in [0.15, 0.2) is 0 Å². The molecule has 0 aliphatic heterocycles. The highest BCUT2D eigenvalue weighted by Crippen LogP contribution is 1.75. The van der Waals surface area contributed by atoms with E-state index in [9.17, 15) is 0 Å². The van der Waals surface area contributed by atoms with E-state index in [1.54, 1.807) is 0 Å². The van der Waals surface area contributed by atoms with Crippen LogP contribution in [-0.2, 0) is 0 Å². The monoisotopic (exact) mass is 249 g/mol. The summed E-state index contributed by atoms with van der Waals surface area (Å²) >= 11 is -4.01. The van der Waals surface area contributed by atoms with Crippen molar-refractivity contribution in [2.45, 2.75) is 19.8 Å². The SMILES string of the molecule is CCCC[NH3+].[O-][I+2]([O-])[O-]. The predicted molar refractivity (Wildman–Crippen MR) is 22.7 cm³/mol. The Morgan fingerprint density at radius 2 is 1.67 bits per heavy atom. The van der Waals surface area contributed by atoms with E-state index < -0.39 is 21.1 Å². The maximum atomic E-state index is 8.57. The van der Waals surface area contributed by atoms with Gasteiger partial charge in [0.25, 0.3) is 21.1 Å². The molecular weight excluding hydrogens is 237 g/mol. The van der Waals surface area contributed by atoms with Crippen LogP contribution in [0.25, 0.3) is 0 Å². The van der Waals surface area contributed by atoms with Crippen molar-refractivity contribution >= 4 is 0 Å². The first-order valence-corrected chi connectivity index (χ1v) is 5.31. The number of halogens is 1. The number of rotatable bonds is 2. The lowest BCUT2D eigenvalue weighted by Crippen LogP contribution is -4.05. The molecule has 0 saturated carbocycles. The molecule has 0 fully saturated rings. The van der Waals surface area contributed by atoms with Crippen LogP contribution in [0.4, 0.5) is 0 Å². The average molecular weight is 249 g/mol. The quantitative estimate of drug-likeness (QED) is 0.493. The molecule has 0 aromatic rings. The fraction of sp³-hybridized carbons (Fsp3) is 1.00. The fourth-order valence-electron chi connectivity index (χ4n) is 0.250. The Kier molecular flexibility index (Phi) is 15.5. The highest BCUT2D eigenvalue weighted by molar-refractivity contribution is 4.21. The first-order valence-electron chi connectivity index (χ1n) is 2.67. The van der Waals surface area contributed by atoms with Gasteiger partial charge < -0.3 is 16.0 Å². The predicted octanol–water partition coefficient (Wildman–Crippen LogP) is -6.53. The lowest BCUT2D eigenvalue weighted by molar-refractivity contribution is -1.73. The second kappa shape index (κ2) is 11.4. The van der Waals surface area contributed by atoms with Crippen molar-refractivity contribution in [3.8, 4) is 0 Å². The summed E-state index contributed by atoms with van der Waals surface area (Å²) in [5.41, 5.74) is 3.68. The standard InChI is InChI=1S/C4H11N.IO3/c1-2-3-4-5;2-1(3)4/h2-5H2,1H3;/q;-1/p+1. The van der Waals surface area contributed by atoms with E-state index >= 15 is 0 Å². The molecule has 58 valence electrons. The lowest BCUT2D eigenvalue weighted by atomic mass is 10.3. The molecular formula is C4H12INO3. The molecule has 4 nitrogen and oxygen atoms in total. The number of hydrogen-bond acceptors (Lipinski definition) is 3. The first-order chi connectivity index (χ1) is 4.15. The molecule has 0 rings (SSSR count). The normalized spacial score (nSPS) is 8.67. The fourth-order valence-corrected chi connectivity index (χ4v) is 0.250. The lowest BCUT2D eigenvalue weighted by Gasteiger charge is -1.84. The van der Waals surface area contributed by atoms with Crippen LogP contribution in [-0.4, -0.2) is 6.54 Å². The highest BCUT2D eigenvalue weighted by Gasteiger charge is 1.71. The van der Waals surface area contributed by atoms with Gasteiger partial charge in [0, 0.05) is 0 Å². The summed E-state index contributed by atoms with van der Waals surface area (Å²) in [6.07, 6.45) is 2.56. The van der Waals surface area contributed by atoms with E-state index in [0.29, 0.717) is 0 Å². The van der Waals surface area contributed by atoms with Crippen LogP contribution in [0, 0.1) is 0 Å². The van der Waals surface area contributed by atoms with E-state index in [1.807, 2.05) is 0 Å². The smallest absolute Gasteiger partial charge is 0.282 e. The van der Waals surface area contributed by atoms with E-state index in [1.165, 1.54) is 12.8 Å². The van der Waals surface area contributed by atoms with Crippen LogP contribution >= 0.6 is 0 Å². The molecule has 0 unspecified atom stereocenters. The zero-order valence-corrected chi connectivity index (χ0v) is 7.59. The van der Waals surface area contributed by atoms with Crippen LogP contribution in [0.5, 0.6) is 0 Å². The number of hydrogen-bond donors (Lipinski definition) is 1. The van der Waals surface area contributed by atoms with Gasteiger partial charge in [-0.1, -0.05) is 13.3 Å². The highest BCUT2D eigenvalue weighted by atomic mass is 127. The number of unbranched alkanes of at least 4 members (excludes halogenated alkanes) is 1. The molecule has 0 aromatic carbocycles. The van der Waals surface area contributed by atoms with Crippen LogP contribution in [0.15, 0.2) is 0 Å². The molecule has 0 aliphatic rings. The van der Waals surface area contributed by atoms with Crippen molar-refractivity contribution in [1.82, 2.24) is 0 Å². The molecule has 9 heavy (non-hydrogen) atoms. The number of quaternary nitrogens is 1. The average Bonchev–Trinajstić information content (AvgIpc) is 1.66. The summed E-state index contributed by atoms with van der Waals surface area (Å²) in [5.74, 6) is 0. The van der Waals surface area contributed by atoms with Gasteiger partial charge >= 0.3 is 0 Å². The van der Waals surface area contributed by atoms with Crippen molar-refractivity contribution < 1.29 is 37.1 Å². The van der Waals surface area contributed by atoms with Gasteiger partial charge in [-0.2, -0.15) is 0 Å². The first kappa shape index (κ1) is 12.3. The molecule has 0 aromatic heterocycles. The van der Waals surface area contributed by atoms with Gasteiger partial charge in [-0.05, 0) is 6.42 Å². The van der Waals surface area contributed by atoms with Crippen LogP contribution in [0.1, 0.15) is 19.8 Å². The van der Waals surface area contributed by atoms with Gasteiger partial charge in [-0.25, -0.2) is 0 Å².